The molecular formula is C27H27N7S. The number of aliphatic imine (C=N–C) groups is 1. The van der Waals surface area contributed by atoms with Gasteiger partial charge in [-0.15, -0.1) is 0 Å². The van der Waals surface area contributed by atoms with Crippen molar-refractivity contribution in [2.75, 3.05) is 7.05 Å². The van der Waals surface area contributed by atoms with Crippen molar-refractivity contribution in [3.8, 4) is 17.2 Å². The lowest BCUT2D eigenvalue weighted by Gasteiger charge is -2.36. The van der Waals surface area contributed by atoms with Crippen LogP contribution in [0, 0.1) is 18.3 Å². The third kappa shape index (κ3) is 3.67. The van der Waals surface area contributed by atoms with Gasteiger partial charge in [0, 0.05) is 44.9 Å². The molecule has 2 fully saturated rings. The molecule has 2 unspecified atom stereocenters. The molecule has 1 aromatic carbocycles. The summed E-state index contributed by atoms with van der Waals surface area (Å²) in [5.41, 5.74) is 5.49. The molecule has 4 aromatic rings. The molecule has 0 saturated carbocycles. The third-order valence-electron chi connectivity index (χ3n) is 7.73. The summed E-state index contributed by atoms with van der Waals surface area (Å²) in [4.78, 5) is 8.68. The molecule has 0 radical (unpaired) electrons. The van der Waals surface area contributed by atoms with Crippen molar-refractivity contribution in [3.63, 3.8) is 0 Å². The van der Waals surface area contributed by atoms with Crippen molar-refractivity contribution in [2.45, 2.75) is 60.5 Å². The fourth-order valence-corrected chi connectivity index (χ4v) is 6.95. The van der Waals surface area contributed by atoms with Crippen LogP contribution in [0.3, 0.4) is 0 Å². The van der Waals surface area contributed by atoms with E-state index in [0.717, 1.165) is 45.0 Å². The third-order valence-corrected chi connectivity index (χ3v) is 8.82. The van der Waals surface area contributed by atoms with Crippen LogP contribution < -0.4 is 0 Å². The standard InChI is InChI=1S/C27H27N7S/c1-17-23(15-31-34(17)22-11-20-8-9-21(12-22)32(20)3)18-10-26(27-19(13-28)14-30-33(27)16-18)35-25-7-5-4-6-24(25)29-2/h4-7,10,14-16,20-22H,2,8-9,11-12H2,1,3H3. The minimum Gasteiger partial charge on any atom is -0.300 e. The Labute approximate surface area is 209 Å². The number of benzene rings is 1. The summed E-state index contributed by atoms with van der Waals surface area (Å²) in [5.74, 6) is 0. The van der Waals surface area contributed by atoms with E-state index in [9.17, 15) is 5.26 Å². The highest BCUT2D eigenvalue weighted by atomic mass is 32.2. The quantitative estimate of drug-likeness (QED) is 0.344. The zero-order chi connectivity index (χ0) is 24.1. The monoisotopic (exact) mass is 481 g/mol. The van der Waals surface area contributed by atoms with Crippen molar-refractivity contribution < 1.29 is 0 Å². The van der Waals surface area contributed by atoms with Gasteiger partial charge < -0.3 is 4.90 Å². The van der Waals surface area contributed by atoms with Crippen molar-refractivity contribution in [1.82, 2.24) is 24.3 Å². The Kier molecular flexibility index (Phi) is 5.47. The molecule has 3 aromatic heterocycles. The molecule has 0 spiro atoms. The van der Waals surface area contributed by atoms with Gasteiger partial charge in [-0.25, -0.2) is 4.52 Å². The summed E-state index contributed by atoms with van der Waals surface area (Å²) in [7, 11) is 2.27. The van der Waals surface area contributed by atoms with E-state index in [1.807, 2.05) is 41.2 Å². The maximum Gasteiger partial charge on any atom is 0.103 e. The number of aromatic nitrogens is 4. The van der Waals surface area contributed by atoms with Crippen molar-refractivity contribution in [1.29, 1.82) is 5.26 Å². The topological polar surface area (TPSA) is 74.5 Å². The average molecular weight is 482 g/mol. The molecule has 0 aliphatic carbocycles. The molecule has 8 heteroatoms. The Hall–Kier alpha value is -3.41. The Morgan fingerprint density at radius 1 is 1.09 bits per heavy atom. The SMILES string of the molecule is C=Nc1ccccc1Sc1cc(-c2cnn(C3CC4CCC(C3)N4C)c2C)cn2ncc(C#N)c12. The number of piperidine rings is 1. The van der Waals surface area contributed by atoms with E-state index in [-0.39, 0.29) is 0 Å². The lowest BCUT2D eigenvalue weighted by molar-refractivity contribution is 0.130. The lowest BCUT2D eigenvalue weighted by Crippen LogP contribution is -2.40. The maximum absolute atomic E-state index is 9.70. The van der Waals surface area contributed by atoms with Crippen LogP contribution in [0.15, 0.2) is 63.7 Å². The van der Waals surface area contributed by atoms with Gasteiger partial charge in [-0.3, -0.25) is 9.67 Å². The van der Waals surface area contributed by atoms with Gasteiger partial charge in [0.1, 0.15) is 6.07 Å². The summed E-state index contributed by atoms with van der Waals surface area (Å²) in [5, 5.41) is 19.1. The van der Waals surface area contributed by atoms with Gasteiger partial charge in [-0.05, 0) is 64.6 Å². The van der Waals surface area contributed by atoms with E-state index in [4.69, 9.17) is 5.10 Å². The zero-order valence-corrected chi connectivity index (χ0v) is 20.7. The largest absolute Gasteiger partial charge is 0.300 e. The van der Waals surface area contributed by atoms with E-state index in [1.54, 1.807) is 18.0 Å². The molecule has 6 rings (SSSR count). The number of fused-ring (bicyclic) bond motifs is 3. The van der Waals surface area contributed by atoms with Crippen LogP contribution in [0.1, 0.15) is 43.0 Å². The van der Waals surface area contributed by atoms with E-state index >= 15 is 0 Å². The zero-order valence-electron chi connectivity index (χ0n) is 19.9. The van der Waals surface area contributed by atoms with Gasteiger partial charge in [0.2, 0.25) is 0 Å². The van der Waals surface area contributed by atoms with Gasteiger partial charge >= 0.3 is 0 Å². The smallest absolute Gasteiger partial charge is 0.103 e. The number of para-hydroxylation sites is 1. The number of pyridine rings is 1. The number of rotatable bonds is 5. The molecule has 5 heterocycles. The van der Waals surface area contributed by atoms with Gasteiger partial charge in [-0.2, -0.15) is 15.5 Å². The summed E-state index contributed by atoms with van der Waals surface area (Å²) < 4.78 is 4.05. The van der Waals surface area contributed by atoms with Gasteiger partial charge in [0.25, 0.3) is 0 Å². The van der Waals surface area contributed by atoms with Crippen molar-refractivity contribution in [3.05, 3.63) is 60.2 Å². The van der Waals surface area contributed by atoms with E-state index in [1.165, 1.54) is 18.5 Å². The van der Waals surface area contributed by atoms with Gasteiger partial charge in [0.15, 0.2) is 0 Å². The Morgan fingerprint density at radius 3 is 2.60 bits per heavy atom. The summed E-state index contributed by atoms with van der Waals surface area (Å²) in [6.45, 7) is 5.88. The fraction of sp³-hybridized carbons (Fsp3) is 0.333. The molecule has 2 atom stereocenters. The molecule has 2 saturated heterocycles. The highest BCUT2D eigenvalue weighted by Crippen LogP contribution is 2.42. The molecule has 0 N–H and O–H groups in total. The first kappa shape index (κ1) is 22.1. The lowest BCUT2D eigenvalue weighted by atomic mass is 9.97. The molecule has 2 aliphatic heterocycles. The van der Waals surface area contributed by atoms with Crippen molar-refractivity contribution in [2.24, 2.45) is 4.99 Å². The second kappa shape index (κ2) is 8.67. The highest BCUT2D eigenvalue weighted by molar-refractivity contribution is 7.99. The normalized spacial score (nSPS) is 21.9. The van der Waals surface area contributed by atoms with Gasteiger partial charge in [-0.1, -0.05) is 23.9 Å². The minimum atomic E-state index is 0.440. The first-order chi connectivity index (χ1) is 17.1. The summed E-state index contributed by atoms with van der Waals surface area (Å²) in [6.07, 6.45) is 10.5. The molecule has 0 amide bonds. The first-order valence-electron chi connectivity index (χ1n) is 12.0. The predicted octanol–water partition coefficient (Wildman–Crippen LogP) is 5.66. The molecule has 35 heavy (non-hydrogen) atoms. The fourth-order valence-electron chi connectivity index (χ4n) is 5.84. The Bertz CT molecular complexity index is 1460. The summed E-state index contributed by atoms with van der Waals surface area (Å²) >= 11 is 1.58. The molecule has 7 nitrogen and oxygen atoms in total. The van der Waals surface area contributed by atoms with Crippen LogP contribution >= 0.6 is 11.8 Å². The summed E-state index contributed by atoms with van der Waals surface area (Å²) in [6, 6.07) is 14.1. The molecule has 2 aliphatic rings. The molecular weight excluding hydrogens is 454 g/mol. The second-order valence-corrected chi connectivity index (χ2v) is 10.6. The van der Waals surface area contributed by atoms with E-state index < -0.39 is 0 Å². The van der Waals surface area contributed by atoms with Crippen LogP contribution in [0.5, 0.6) is 0 Å². The maximum atomic E-state index is 9.70. The van der Waals surface area contributed by atoms with Crippen LogP contribution in [-0.2, 0) is 0 Å². The molecule has 2 bridgehead atoms. The van der Waals surface area contributed by atoms with Crippen LogP contribution in [0.2, 0.25) is 0 Å². The van der Waals surface area contributed by atoms with Gasteiger partial charge in [0.05, 0.1) is 35.2 Å². The average Bonchev–Trinajstić information content (AvgIpc) is 3.51. The highest BCUT2D eigenvalue weighted by Gasteiger charge is 2.39. The van der Waals surface area contributed by atoms with E-state index in [0.29, 0.717) is 23.7 Å². The number of nitriles is 1. The minimum absolute atomic E-state index is 0.440. The Morgan fingerprint density at radius 2 is 1.86 bits per heavy atom. The van der Waals surface area contributed by atoms with Crippen LogP contribution in [-0.4, -0.2) is 50.1 Å². The number of hydrogen-bond donors (Lipinski definition) is 0. The van der Waals surface area contributed by atoms with Crippen molar-refractivity contribution >= 4 is 29.7 Å². The number of hydrogen-bond acceptors (Lipinski definition) is 6. The number of nitrogens with zero attached hydrogens (tertiary/aromatic N) is 7. The predicted molar refractivity (Wildman–Crippen MR) is 138 cm³/mol. The second-order valence-electron chi connectivity index (χ2n) is 9.55. The Balaban J connectivity index is 1.42. The first-order valence-corrected chi connectivity index (χ1v) is 12.8. The van der Waals surface area contributed by atoms with Crippen LogP contribution in [0.4, 0.5) is 5.69 Å². The van der Waals surface area contributed by atoms with Crippen LogP contribution in [0.25, 0.3) is 16.6 Å². The molecule has 176 valence electrons. The van der Waals surface area contributed by atoms with E-state index in [2.05, 4.69) is 52.5 Å².